The number of ether oxygens (including phenoxy) is 1. The van der Waals surface area contributed by atoms with Gasteiger partial charge < -0.3 is 15.2 Å². The van der Waals surface area contributed by atoms with Gasteiger partial charge in [-0.15, -0.1) is 0 Å². The molecule has 0 fully saturated rings. The Morgan fingerprint density at radius 3 is 2.38 bits per heavy atom. The monoisotopic (exact) mass is 536 g/mol. The Labute approximate surface area is 217 Å². The van der Waals surface area contributed by atoms with Crippen LogP contribution in [0.2, 0.25) is 0 Å². The van der Waals surface area contributed by atoms with Gasteiger partial charge in [-0.25, -0.2) is 33.1 Å². The van der Waals surface area contributed by atoms with Crippen molar-refractivity contribution in [1.29, 1.82) is 0 Å². The Bertz CT molecular complexity index is 1240. The Kier molecular flexibility index (Phi) is 8.39. The van der Waals surface area contributed by atoms with Crippen LogP contribution in [-0.2, 0) is 16.9 Å². The van der Waals surface area contributed by atoms with Crippen LogP contribution in [0.25, 0.3) is 0 Å². The topological polar surface area (TPSA) is 105 Å². The van der Waals surface area contributed by atoms with Gasteiger partial charge >= 0.3 is 6.09 Å². The number of aliphatic hydroxyl groups is 1. The number of hydrogen-bond acceptors (Lipinski definition) is 6. The second kappa shape index (κ2) is 11.1. The molecule has 3 rings (SSSR count). The summed E-state index contributed by atoms with van der Waals surface area (Å²) in [5.74, 6) is -2.33. The van der Waals surface area contributed by atoms with Gasteiger partial charge in [0.2, 0.25) is 0 Å². The van der Waals surface area contributed by atoms with Gasteiger partial charge in [0.15, 0.2) is 5.11 Å². The van der Waals surface area contributed by atoms with E-state index in [4.69, 9.17) is 17.0 Å². The molecule has 1 amide bonds. The van der Waals surface area contributed by atoms with E-state index in [0.29, 0.717) is 11.8 Å². The van der Waals surface area contributed by atoms with Gasteiger partial charge in [0, 0.05) is 17.3 Å². The van der Waals surface area contributed by atoms with E-state index in [1.807, 2.05) is 0 Å². The highest BCUT2D eigenvalue weighted by Gasteiger charge is 2.44. The molecule has 0 aliphatic rings. The largest absolute Gasteiger partial charge is 0.443 e. The molecule has 0 bridgehead atoms. The molecule has 0 aliphatic heterocycles. The number of anilines is 1. The molecule has 1 aromatic heterocycles. The van der Waals surface area contributed by atoms with Crippen LogP contribution in [0.15, 0.2) is 55.1 Å². The Hall–Kier alpha value is -3.71. The van der Waals surface area contributed by atoms with Crippen LogP contribution in [-0.4, -0.2) is 47.7 Å². The molecular weight excluding hydrogens is 509 g/mol. The van der Waals surface area contributed by atoms with Crippen LogP contribution in [0.4, 0.5) is 23.7 Å². The minimum absolute atomic E-state index is 0.135. The van der Waals surface area contributed by atoms with Crippen molar-refractivity contribution in [3.05, 3.63) is 78.1 Å². The highest BCUT2D eigenvalue weighted by Crippen LogP contribution is 2.33. The molecule has 0 saturated carbocycles. The number of carbonyl (C=O) groups excluding carboxylic acids is 1. The van der Waals surface area contributed by atoms with Gasteiger partial charge in [-0.3, -0.25) is 5.01 Å². The fraction of sp³-hybridized carbons (Fsp3) is 0.333. The van der Waals surface area contributed by atoms with Crippen LogP contribution in [0.1, 0.15) is 33.3 Å². The number of nitrogens with one attached hydrogen (secondary N) is 2. The predicted molar refractivity (Wildman–Crippen MR) is 134 cm³/mol. The van der Waals surface area contributed by atoms with Crippen molar-refractivity contribution in [1.82, 2.24) is 25.2 Å². The van der Waals surface area contributed by atoms with Crippen LogP contribution < -0.4 is 10.7 Å². The van der Waals surface area contributed by atoms with E-state index in [2.05, 4.69) is 20.8 Å². The van der Waals surface area contributed by atoms with Crippen LogP contribution in [0.5, 0.6) is 0 Å². The van der Waals surface area contributed by atoms with Gasteiger partial charge in [0.05, 0.1) is 12.6 Å². The average Bonchev–Trinajstić information content (AvgIpc) is 3.30. The minimum Gasteiger partial charge on any atom is -0.443 e. The summed E-state index contributed by atoms with van der Waals surface area (Å²) in [7, 11) is 0. The number of rotatable bonds is 6. The highest BCUT2D eigenvalue weighted by molar-refractivity contribution is 7.80. The summed E-state index contributed by atoms with van der Waals surface area (Å²) in [5, 5.41) is 19.7. The maximum atomic E-state index is 15.0. The zero-order valence-electron chi connectivity index (χ0n) is 20.6. The molecule has 2 atom stereocenters. The molecule has 1 heterocycles. The lowest BCUT2D eigenvalue weighted by atomic mass is 9.86. The van der Waals surface area contributed by atoms with Crippen molar-refractivity contribution in [2.75, 3.05) is 5.32 Å². The normalized spacial score (nSPS) is 13.8. The average molecular weight is 537 g/mol. The fourth-order valence-corrected chi connectivity index (χ4v) is 3.82. The minimum atomic E-state index is -2.14. The fourth-order valence-electron chi connectivity index (χ4n) is 3.50. The Morgan fingerprint density at radius 2 is 1.81 bits per heavy atom. The lowest BCUT2D eigenvalue weighted by Gasteiger charge is -2.42. The molecule has 9 nitrogen and oxygen atoms in total. The number of amides is 1. The van der Waals surface area contributed by atoms with Crippen molar-refractivity contribution in [2.45, 2.75) is 51.5 Å². The summed E-state index contributed by atoms with van der Waals surface area (Å²) in [6, 6.07) is 6.76. The number of hydrazine groups is 1. The maximum Gasteiger partial charge on any atom is 0.426 e. The Morgan fingerprint density at radius 1 is 1.16 bits per heavy atom. The second-order valence-electron chi connectivity index (χ2n) is 9.24. The third-order valence-electron chi connectivity index (χ3n) is 5.27. The summed E-state index contributed by atoms with van der Waals surface area (Å²) in [6.07, 6.45) is 1.62. The number of benzene rings is 2. The lowest BCUT2D eigenvalue weighted by Crippen LogP contribution is -2.61. The first-order valence-corrected chi connectivity index (χ1v) is 11.5. The summed E-state index contributed by atoms with van der Waals surface area (Å²) >= 11 is 5.50. The third kappa shape index (κ3) is 7.17. The van der Waals surface area contributed by atoms with Crippen molar-refractivity contribution >= 4 is 29.1 Å². The summed E-state index contributed by atoms with van der Waals surface area (Å²) < 4.78 is 48.7. The molecule has 3 N–H and O–H groups in total. The van der Waals surface area contributed by atoms with Gasteiger partial charge in [-0.2, -0.15) is 5.10 Å². The summed E-state index contributed by atoms with van der Waals surface area (Å²) in [6.45, 7) is 6.09. The first-order chi connectivity index (χ1) is 17.3. The van der Waals surface area contributed by atoms with Crippen LogP contribution >= 0.6 is 12.2 Å². The maximum absolute atomic E-state index is 15.0. The van der Waals surface area contributed by atoms with E-state index in [1.165, 1.54) is 48.5 Å². The molecule has 2 unspecified atom stereocenters. The smallest absolute Gasteiger partial charge is 0.426 e. The number of hydrogen-bond donors (Lipinski definition) is 3. The molecule has 0 aliphatic carbocycles. The van der Waals surface area contributed by atoms with Gasteiger partial charge in [-0.1, -0.05) is 6.07 Å². The van der Waals surface area contributed by atoms with Crippen LogP contribution in [0.3, 0.4) is 0 Å². The molecule has 37 heavy (non-hydrogen) atoms. The zero-order chi connectivity index (χ0) is 27.4. The van der Waals surface area contributed by atoms with Gasteiger partial charge in [0.25, 0.3) is 0 Å². The van der Waals surface area contributed by atoms with E-state index in [0.717, 1.165) is 17.1 Å². The van der Waals surface area contributed by atoms with E-state index < -0.39 is 40.8 Å². The number of halogens is 3. The molecule has 0 radical (unpaired) electrons. The molecule has 13 heteroatoms. The molecule has 0 spiro atoms. The first-order valence-electron chi connectivity index (χ1n) is 11.1. The first kappa shape index (κ1) is 27.9. The number of aromatic nitrogens is 3. The molecule has 198 valence electrons. The second-order valence-corrected chi connectivity index (χ2v) is 9.62. The van der Waals surface area contributed by atoms with Crippen molar-refractivity contribution in [3.63, 3.8) is 0 Å². The van der Waals surface area contributed by atoms with Gasteiger partial charge in [-0.05, 0) is 70.2 Å². The van der Waals surface area contributed by atoms with Crippen molar-refractivity contribution in [2.24, 2.45) is 0 Å². The van der Waals surface area contributed by atoms with Crippen LogP contribution in [0, 0.1) is 17.5 Å². The molecule has 0 saturated heterocycles. The summed E-state index contributed by atoms with van der Waals surface area (Å²) in [5.41, 5.74) is -0.433. The van der Waals surface area contributed by atoms with E-state index >= 15 is 4.39 Å². The molecular formula is C24H27F3N6O3S. The Balaban J connectivity index is 2.04. The number of nitrogens with zero attached hydrogens (tertiary/aromatic N) is 4. The quantitative estimate of drug-likeness (QED) is 0.320. The van der Waals surface area contributed by atoms with Crippen molar-refractivity contribution < 1.29 is 27.8 Å². The SMILES string of the molecule is CC(N(NC(=O)OC(C)(C)C)C(=S)Nc1ccc(F)cc1)C(O)(Cn1cncn1)c1ccc(F)cc1F. The van der Waals surface area contributed by atoms with E-state index in [1.54, 1.807) is 20.8 Å². The zero-order valence-corrected chi connectivity index (χ0v) is 21.4. The summed E-state index contributed by atoms with van der Waals surface area (Å²) in [4.78, 5) is 16.6. The third-order valence-corrected chi connectivity index (χ3v) is 5.57. The lowest BCUT2D eigenvalue weighted by molar-refractivity contribution is -0.0574. The molecule has 2 aromatic carbocycles. The van der Waals surface area contributed by atoms with Gasteiger partial charge in [0.1, 0.15) is 41.3 Å². The standard InChI is InChI=1S/C24H27F3N6O3S/c1-15(24(35,12-32-14-28-13-29-32)19-10-7-17(26)11-20(19)27)33(31-22(34)36-23(2,3)4)21(37)30-18-8-5-16(25)6-9-18/h5-11,13-15,35H,12H2,1-4H3,(H,30,37)(H,31,34). The number of thiocarbonyl (C=S) groups is 1. The number of carbonyl (C=O) groups is 1. The molecule has 3 aromatic rings. The predicted octanol–water partition coefficient (Wildman–Crippen LogP) is 4.11. The van der Waals surface area contributed by atoms with Crippen molar-refractivity contribution in [3.8, 4) is 0 Å². The van der Waals surface area contributed by atoms with E-state index in [-0.39, 0.29) is 17.2 Å². The highest BCUT2D eigenvalue weighted by atomic mass is 32.1. The van der Waals surface area contributed by atoms with E-state index in [9.17, 15) is 18.7 Å².